The summed E-state index contributed by atoms with van der Waals surface area (Å²) in [5, 5.41) is 16.6. The molecule has 0 aliphatic carbocycles. The molecule has 4 aromatic heterocycles. The SMILES string of the molecule is Cc1nc(C)c(-c2csc(Nc3ccc(C(=O)N4CCN(c5cnc(C(C)(C)O)cn5)CC4C(F)(F)F)cn3)n2)s1. The number of aromatic nitrogens is 5. The van der Waals surface area contributed by atoms with Gasteiger partial charge in [-0.25, -0.2) is 19.9 Å². The van der Waals surface area contributed by atoms with Gasteiger partial charge in [-0.1, -0.05) is 0 Å². The molecule has 1 saturated heterocycles. The molecule has 41 heavy (non-hydrogen) atoms. The van der Waals surface area contributed by atoms with Gasteiger partial charge in [-0.05, 0) is 39.8 Å². The predicted octanol–water partition coefficient (Wildman–Crippen LogP) is 4.93. The quantitative estimate of drug-likeness (QED) is 0.316. The molecule has 216 valence electrons. The summed E-state index contributed by atoms with van der Waals surface area (Å²) in [6.07, 6.45) is -0.735. The van der Waals surface area contributed by atoms with Gasteiger partial charge in [-0.3, -0.25) is 9.78 Å². The first-order chi connectivity index (χ1) is 19.3. The summed E-state index contributed by atoms with van der Waals surface area (Å²) in [7, 11) is 0. The van der Waals surface area contributed by atoms with Crippen molar-refractivity contribution < 1.29 is 23.1 Å². The lowest BCUT2D eigenvalue weighted by molar-refractivity contribution is -0.177. The normalized spacial score (nSPS) is 16.2. The van der Waals surface area contributed by atoms with E-state index >= 15 is 0 Å². The van der Waals surface area contributed by atoms with E-state index in [4.69, 9.17) is 0 Å². The molecule has 4 aromatic rings. The Hall–Kier alpha value is -3.69. The van der Waals surface area contributed by atoms with Gasteiger partial charge in [0.1, 0.15) is 23.3 Å². The summed E-state index contributed by atoms with van der Waals surface area (Å²) in [4.78, 5) is 38.0. The average molecular weight is 605 g/mol. The zero-order valence-electron chi connectivity index (χ0n) is 22.6. The van der Waals surface area contributed by atoms with Crippen molar-refractivity contribution in [3.05, 3.63) is 58.1 Å². The molecule has 5 heterocycles. The number of anilines is 3. The maximum atomic E-state index is 14.1. The fraction of sp³-hybridized carbons (Fsp3) is 0.385. The monoisotopic (exact) mass is 604 g/mol. The van der Waals surface area contributed by atoms with E-state index in [-0.39, 0.29) is 24.5 Å². The number of hydrogen-bond donors (Lipinski definition) is 2. The summed E-state index contributed by atoms with van der Waals surface area (Å²) in [6.45, 7) is 6.41. The van der Waals surface area contributed by atoms with Crippen LogP contribution >= 0.6 is 22.7 Å². The number of nitrogens with one attached hydrogen (secondary N) is 1. The second kappa shape index (κ2) is 10.9. The lowest BCUT2D eigenvalue weighted by atomic mass is 10.1. The van der Waals surface area contributed by atoms with Crippen molar-refractivity contribution in [2.24, 2.45) is 0 Å². The molecule has 1 aliphatic rings. The number of halogens is 3. The second-order valence-electron chi connectivity index (χ2n) is 10.1. The molecule has 10 nitrogen and oxygen atoms in total. The molecule has 0 aromatic carbocycles. The number of rotatable bonds is 6. The van der Waals surface area contributed by atoms with Crippen molar-refractivity contribution >= 4 is 45.3 Å². The predicted molar refractivity (Wildman–Crippen MR) is 151 cm³/mol. The third-order valence-corrected chi connectivity index (χ3v) is 8.35. The van der Waals surface area contributed by atoms with Crippen LogP contribution < -0.4 is 10.2 Å². The van der Waals surface area contributed by atoms with Crippen LogP contribution in [0.15, 0.2) is 36.1 Å². The first-order valence-electron chi connectivity index (χ1n) is 12.6. The Morgan fingerprint density at radius 1 is 1.07 bits per heavy atom. The van der Waals surface area contributed by atoms with Crippen molar-refractivity contribution in [2.75, 3.05) is 29.9 Å². The van der Waals surface area contributed by atoms with E-state index in [0.717, 1.165) is 26.2 Å². The van der Waals surface area contributed by atoms with E-state index in [0.29, 0.717) is 16.6 Å². The Balaban J connectivity index is 1.27. The van der Waals surface area contributed by atoms with E-state index in [2.05, 4.69) is 30.2 Å². The molecule has 1 atom stereocenters. The van der Waals surface area contributed by atoms with Gasteiger partial charge in [0.05, 0.1) is 44.9 Å². The standard InChI is InChI=1S/C26H27F3N8O2S2/c1-14-22(41-15(2)33-14)17-13-40-24(34-17)35-20-6-5-16(9-31-20)23(38)37-8-7-36(12-19(37)26(27,28)29)21-11-30-18(10-32-21)25(3,4)39/h5-6,9-11,13,19,39H,7-8,12H2,1-4H3,(H,31,34,35). The minimum atomic E-state index is -4.67. The van der Waals surface area contributed by atoms with Crippen LogP contribution in [0.4, 0.5) is 29.9 Å². The molecular weight excluding hydrogens is 577 g/mol. The third-order valence-electron chi connectivity index (χ3n) is 6.49. The minimum absolute atomic E-state index is 0.0446. The van der Waals surface area contributed by atoms with Crippen LogP contribution in [-0.2, 0) is 5.60 Å². The van der Waals surface area contributed by atoms with E-state index in [1.807, 2.05) is 19.2 Å². The topological polar surface area (TPSA) is 120 Å². The molecule has 0 spiro atoms. The number of nitrogens with zero attached hydrogens (tertiary/aromatic N) is 7. The number of pyridine rings is 1. The van der Waals surface area contributed by atoms with Gasteiger partial charge < -0.3 is 20.2 Å². The third kappa shape index (κ3) is 6.31. The van der Waals surface area contributed by atoms with Crippen LogP contribution in [0.2, 0.25) is 0 Å². The van der Waals surface area contributed by atoms with E-state index < -0.39 is 30.3 Å². The highest BCUT2D eigenvalue weighted by molar-refractivity contribution is 7.16. The smallest absolute Gasteiger partial charge is 0.384 e. The number of aliphatic hydroxyl groups is 1. The summed E-state index contributed by atoms with van der Waals surface area (Å²) in [5.41, 5.74) is 0.813. The maximum Gasteiger partial charge on any atom is 0.410 e. The van der Waals surface area contributed by atoms with Gasteiger partial charge in [0.25, 0.3) is 5.91 Å². The Labute approximate surface area is 242 Å². The van der Waals surface area contributed by atoms with Crippen LogP contribution in [0.3, 0.4) is 0 Å². The Morgan fingerprint density at radius 2 is 1.85 bits per heavy atom. The lowest BCUT2D eigenvalue weighted by Gasteiger charge is -2.42. The first-order valence-corrected chi connectivity index (χ1v) is 14.3. The highest BCUT2D eigenvalue weighted by Gasteiger charge is 2.48. The molecule has 15 heteroatoms. The van der Waals surface area contributed by atoms with Crippen LogP contribution in [0.5, 0.6) is 0 Å². The minimum Gasteiger partial charge on any atom is -0.384 e. The zero-order valence-corrected chi connectivity index (χ0v) is 24.2. The summed E-state index contributed by atoms with van der Waals surface area (Å²) in [6, 6.07) is 0.934. The van der Waals surface area contributed by atoms with Crippen molar-refractivity contribution in [1.29, 1.82) is 0 Å². The maximum absolute atomic E-state index is 14.1. The summed E-state index contributed by atoms with van der Waals surface area (Å²) >= 11 is 2.94. The van der Waals surface area contributed by atoms with E-state index in [9.17, 15) is 23.1 Å². The van der Waals surface area contributed by atoms with Gasteiger partial charge in [-0.2, -0.15) is 13.2 Å². The highest BCUT2D eigenvalue weighted by Crippen LogP contribution is 2.33. The summed E-state index contributed by atoms with van der Waals surface area (Å²) < 4.78 is 42.3. The molecule has 1 fully saturated rings. The van der Waals surface area contributed by atoms with Crippen LogP contribution in [0.1, 0.15) is 40.6 Å². The average Bonchev–Trinajstić information content (AvgIpc) is 3.52. The van der Waals surface area contributed by atoms with Crippen molar-refractivity contribution in [3.8, 4) is 10.6 Å². The van der Waals surface area contributed by atoms with E-state index in [1.54, 1.807) is 25.2 Å². The Bertz CT molecular complexity index is 1530. The lowest BCUT2D eigenvalue weighted by Crippen LogP contribution is -2.61. The molecule has 1 amide bonds. The molecule has 1 unspecified atom stereocenters. The van der Waals surface area contributed by atoms with Gasteiger partial charge >= 0.3 is 6.18 Å². The van der Waals surface area contributed by atoms with Crippen LogP contribution in [0, 0.1) is 13.8 Å². The van der Waals surface area contributed by atoms with Gasteiger partial charge in [0.2, 0.25) is 0 Å². The largest absolute Gasteiger partial charge is 0.410 e. The second-order valence-corrected chi connectivity index (χ2v) is 12.1. The number of amides is 1. The molecule has 5 rings (SSSR count). The van der Waals surface area contributed by atoms with Gasteiger partial charge in [-0.15, -0.1) is 22.7 Å². The van der Waals surface area contributed by atoms with Crippen LogP contribution in [-0.4, -0.2) is 72.7 Å². The van der Waals surface area contributed by atoms with Crippen molar-refractivity contribution in [3.63, 3.8) is 0 Å². The molecule has 0 radical (unpaired) electrons. The molecule has 0 bridgehead atoms. The summed E-state index contributed by atoms with van der Waals surface area (Å²) in [5.74, 6) is -0.116. The van der Waals surface area contributed by atoms with Crippen molar-refractivity contribution in [1.82, 2.24) is 29.8 Å². The van der Waals surface area contributed by atoms with Gasteiger partial charge in [0.15, 0.2) is 5.13 Å². The zero-order chi connectivity index (χ0) is 29.5. The number of carbonyl (C=O) groups is 1. The number of alkyl halides is 3. The molecule has 1 aliphatic heterocycles. The van der Waals surface area contributed by atoms with E-state index in [1.165, 1.54) is 47.0 Å². The number of aryl methyl sites for hydroxylation is 2. The van der Waals surface area contributed by atoms with Gasteiger partial charge in [0, 0.05) is 31.2 Å². The number of hydrogen-bond acceptors (Lipinski definition) is 11. The first kappa shape index (κ1) is 28.8. The Kier molecular flexibility index (Phi) is 7.70. The van der Waals surface area contributed by atoms with Crippen molar-refractivity contribution in [2.45, 2.75) is 45.5 Å². The fourth-order valence-corrected chi connectivity index (χ4v) is 6.05. The number of piperazine rings is 1. The molecule has 0 saturated carbocycles. The highest BCUT2D eigenvalue weighted by atomic mass is 32.1. The number of carbonyl (C=O) groups excluding carboxylic acids is 1. The molecular formula is C26H27F3N8O2S2. The Morgan fingerprint density at radius 3 is 2.44 bits per heavy atom. The fourth-order valence-electron chi connectivity index (χ4n) is 4.39. The molecule has 2 N–H and O–H groups in total. The van der Waals surface area contributed by atoms with Crippen LogP contribution in [0.25, 0.3) is 10.6 Å². The number of thiazole rings is 2.